The molecular formula is C32H47NO6. The van der Waals surface area contributed by atoms with Crippen LogP contribution in [0.4, 0.5) is 0 Å². The van der Waals surface area contributed by atoms with Crippen molar-refractivity contribution >= 4 is 11.8 Å². The average Bonchev–Trinajstić information content (AvgIpc) is 3.72. The molecule has 3 heterocycles. The van der Waals surface area contributed by atoms with Gasteiger partial charge in [-0.05, 0) is 94.8 Å². The SMILES string of the molecule is CC1=C(CO)C(=O)OC(C(C)C2CCC3C4CC5OC56C(O)C(N5CC5(C)C)CC(=O)C6(C)C4CCC23C)C1. The van der Waals surface area contributed by atoms with Gasteiger partial charge < -0.3 is 19.7 Å². The Morgan fingerprint density at radius 1 is 1.08 bits per heavy atom. The van der Waals surface area contributed by atoms with Gasteiger partial charge in [-0.1, -0.05) is 19.4 Å². The molecular weight excluding hydrogens is 494 g/mol. The minimum absolute atomic E-state index is 0.0311. The molecule has 0 radical (unpaired) electrons. The molecule has 4 saturated carbocycles. The minimum Gasteiger partial charge on any atom is -0.458 e. The van der Waals surface area contributed by atoms with Crippen LogP contribution in [0.15, 0.2) is 11.1 Å². The number of rotatable bonds is 4. The van der Waals surface area contributed by atoms with E-state index in [-0.39, 0.29) is 53.6 Å². The van der Waals surface area contributed by atoms with Crippen LogP contribution in [0.25, 0.3) is 0 Å². The quantitative estimate of drug-likeness (QED) is 0.414. The van der Waals surface area contributed by atoms with E-state index in [2.05, 4.69) is 39.5 Å². The number of hydrogen-bond acceptors (Lipinski definition) is 7. The van der Waals surface area contributed by atoms with E-state index in [1.54, 1.807) is 0 Å². The molecule has 13 unspecified atom stereocenters. The molecule has 1 spiro atoms. The van der Waals surface area contributed by atoms with Gasteiger partial charge in [-0.25, -0.2) is 4.79 Å². The summed E-state index contributed by atoms with van der Waals surface area (Å²) < 4.78 is 12.4. The number of aliphatic hydroxyl groups is 2. The van der Waals surface area contributed by atoms with Gasteiger partial charge >= 0.3 is 5.97 Å². The molecule has 7 heteroatoms. The number of epoxide rings is 1. The first-order valence-corrected chi connectivity index (χ1v) is 15.5. The highest BCUT2D eigenvalue weighted by Crippen LogP contribution is 2.74. The lowest BCUT2D eigenvalue weighted by Crippen LogP contribution is -2.69. The van der Waals surface area contributed by atoms with Crippen molar-refractivity contribution in [3.63, 3.8) is 0 Å². The summed E-state index contributed by atoms with van der Waals surface area (Å²) in [4.78, 5) is 29.0. The molecule has 0 aromatic carbocycles. The van der Waals surface area contributed by atoms with Gasteiger partial charge in [0.25, 0.3) is 0 Å². The third-order valence-electron chi connectivity index (χ3n) is 13.6. The lowest BCUT2D eigenvalue weighted by atomic mass is 9.43. The van der Waals surface area contributed by atoms with Crippen molar-refractivity contribution in [2.45, 2.75) is 122 Å². The number of aliphatic hydroxyl groups excluding tert-OH is 2. The third-order valence-corrected chi connectivity index (χ3v) is 13.6. The van der Waals surface area contributed by atoms with E-state index in [0.717, 1.165) is 44.2 Å². The number of carbonyl (C=O) groups excluding carboxylic acids is 2. The van der Waals surface area contributed by atoms with Crippen LogP contribution in [0.5, 0.6) is 0 Å². The predicted octanol–water partition coefficient (Wildman–Crippen LogP) is 3.65. The van der Waals surface area contributed by atoms with E-state index >= 15 is 0 Å². The summed E-state index contributed by atoms with van der Waals surface area (Å²) in [6.07, 6.45) is 5.59. The molecule has 0 aromatic rings. The Morgan fingerprint density at radius 3 is 2.44 bits per heavy atom. The average molecular weight is 542 g/mol. The number of carbonyl (C=O) groups is 2. The van der Waals surface area contributed by atoms with Crippen LogP contribution in [0.1, 0.15) is 86.5 Å². The highest BCUT2D eigenvalue weighted by molar-refractivity contribution is 5.90. The van der Waals surface area contributed by atoms with Gasteiger partial charge in [-0.2, -0.15) is 0 Å². The van der Waals surface area contributed by atoms with Crippen molar-refractivity contribution in [2.75, 3.05) is 13.2 Å². The van der Waals surface area contributed by atoms with Crippen molar-refractivity contribution in [2.24, 2.45) is 40.4 Å². The third kappa shape index (κ3) is 3.25. The zero-order valence-electron chi connectivity index (χ0n) is 24.5. The summed E-state index contributed by atoms with van der Waals surface area (Å²) in [5, 5.41) is 21.4. The predicted molar refractivity (Wildman–Crippen MR) is 145 cm³/mol. The number of esters is 1. The maximum atomic E-state index is 14.1. The molecule has 2 N–H and O–H groups in total. The van der Waals surface area contributed by atoms with Gasteiger partial charge in [0.05, 0.1) is 23.7 Å². The van der Waals surface area contributed by atoms with Gasteiger partial charge in [-0.3, -0.25) is 9.69 Å². The largest absolute Gasteiger partial charge is 0.458 e. The monoisotopic (exact) mass is 541 g/mol. The molecule has 2 saturated heterocycles. The molecule has 7 rings (SSSR count). The van der Waals surface area contributed by atoms with Crippen LogP contribution < -0.4 is 0 Å². The Labute approximate surface area is 232 Å². The fourth-order valence-electron chi connectivity index (χ4n) is 11.3. The van der Waals surface area contributed by atoms with Crippen LogP contribution in [-0.4, -0.2) is 75.5 Å². The number of nitrogens with zero attached hydrogens (tertiary/aromatic N) is 1. The molecule has 216 valence electrons. The molecule has 4 aliphatic carbocycles. The van der Waals surface area contributed by atoms with E-state index in [9.17, 15) is 19.8 Å². The highest BCUT2D eigenvalue weighted by atomic mass is 16.6. The van der Waals surface area contributed by atoms with Gasteiger partial charge in [0.1, 0.15) is 23.6 Å². The molecule has 0 bridgehead atoms. The number of Topliss-reactive ketones (excluding diaryl/α,β-unsaturated/α-hetero) is 1. The highest BCUT2D eigenvalue weighted by Gasteiger charge is 2.83. The summed E-state index contributed by atoms with van der Waals surface area (Å²) in [5.41, 5.74) is 0.229. The normalized spacial score (nSPS) is 54.2. The van der Waals surface area contributed by atoms with Crippen molar-refractivity contribution in [3.8, 4) is 0 Å². The number of cyclic esters (lactones) is 1. The maximum absolute atomic E-state index is 14.1. The summed E-state index contributed by atoms with van der Waals surface area (Å²) in [5.74, 6) is 1.82. The maximum Gasteiger partial charge on any atom is 0.336 e. The summed E-state index contributed by atoms with van der Waals surface area (Å²) in [7, 11) is 0. The molecule has 0 aromatic heterocycles. The fraction of sp³-hybridized carbons (Fsp3) is 0.875. The number of ketones is 1. The Bertz CT molecular complexity index is 1150. The second-order valence-corrected chi connectivity index (χ2v) is 15.4. The van der Waals surface area contributed by atoms with E-state index in [1.165, 1.54) is 0 Å². The second kappa shape index (κ2) is 8.17. The first kappa shape index (κ1) is 26.6. The zero-order chi connectivity index (χ0) is 27.9. The molecule has 0 amide bonds. The van der Waals surface area contributed by atoms with Crippen molar-refractivity contribution < 1.29 is 29.3 Å². The Hall–Kier alpha value is -1.28. The minimum atomic E-state index is -0.712. The van der Waals surface area contributed by atoms with Crippen LogP contribution in [0, 0.1) is 40.4 Å². The number of hydrogen-bond donors (Lipinski definition) is 2. The van der Waals surface area contributed by atoms with Crippen molar-refractivity contribution in [3.05, 3.63) is 11.1 Å². The molecule has 7 nitrogen and oxygen atoms in total. The fourth-order valence-corrected chi connectivity index (χ4v) is 11.3. The van der Waals surface area contributed by atoms with E-state index in [1.807, 2.05) is 6.92 Å². The first-order valence-electron chi connectivity index (χ1n) is 15.5. The molecule has 6 fully saturated rings. The standard InChI is InChI=1S/C32H47NO6/c1-16-11-24(38-28(37)19(16)14-34)17(2)20-7-8-21-18-12-26-32(39-26)27(36)23(33-15-29(33,3)4)13-25(35)31(32,6)22(18)9-10-30(20,21)5/h17-18,20-24,26-27,34,36H,7-15H2,1-6H3. The van der Waals surface area contributed by atoms with E-state index in [4.69, 9.17) is 9.47 Å². The number of fused-ring (bicyclic) bond motifs is 4. The molecule has 13 atom stereocenters. The Morgan fingerprint density at radius 2 is 1.79 bits per heavy atom. The zero-order valence-corrected chi connectivity index (χ0v) is 24.5. The first-order chi connectivity index (χ1) is 18.3. The lowest BCUT2D eigenvalue weighted by molar-refractivity contribution is -0.172. The van der Waals surface area contributed by atoms with Gasteiger partial charge in [0.15, 0.2) is 0 Å². The lowest BCUT2D eigenvalue weighted by Gasteiger charge is -2.60. The summed E-state index contributed by atoms with van der Waals surface area (Å²) >= 11 is 0. The van der Waals surface area contributed by atoms with Crippen LogP contribution in [-0.2, 0) is 19.1 Å². The topological polar surface area (TPSA) is 99.4 Å². The Balaban J connectivity index is 1.14. The Kier molecular flexibility index (Phi) is 5.58. The van der Waals surface area contributed by atoms with E-state index in [0.29, 0.717) is 42.0 Å². The molecule has 3 aliphatic heterocycles. The van der Waals surface area contributed by atoms with Gasteiger partial charge in [0.2, 0.25) is 0 Å². The van der Waals surface area contributed by atoms with Crippen molar-refractivity contribution in [1.82, 2.24) is 4.90 Å². The van der Waals surface area contributed by atoms with Gasteiger partial charge in [0, 0.05) is 31.0 Å². The summed E-state index contributed by atoms with van der Waals surface area (Å²) in [6.45, 7) is 13.9. The van der Waals surface area contributed by atoms with Crippen LogP contribution in [0.3, 0.4) is 0 Å². The smallest absolute Gasteiger partial charge is 0.336 e. The van der Waals surface area contributed by atoms with Crippen LogP contribution >= 0.6 is 0 Å². The van der Waals surface area contributed by atoms with Gasteiger partial charge in [-0.15, -0.1) is 0 Å². The van der Waals surface area contributed by atoms with E-state index < -0.39 is 17.1 Å². The van der Waals surface area contributed by atoms with Crippen LogP contribution in [0.2, 0.25) is 0 Å². The summed E-state index contributed by atoms with van der Waals surface area (Å²) in [6, 6.07) is -0.130. The second-order valence-electron chi connectivity index (χ2n) is 15.4. The van der Waals surface area contributed by atoms with Crippen molar-refractivity contribution in [1.29, 1.82) is 0 Å². The number of ether oxygens (including phenoxy) is 2. The molecule has 39 heavy (non-hydrogen) atoms. The molecule has 7 aliphatic rings.